The molecule has 0 fully saturated rings. The van der Waals surface area contributed by atoms with Crippen molar-refractivity contribution in [1.29, 1.82) is 0 Å². The Morgan fingerprint density at radius 1 is 0.974 bits per heavy atom. The summed E-state index contributed by atoms with van der Waals surface area (Å²) >= 11 is 0. The van der Waals surface area contributed by atoms with Crippen molar-refractivity contribution in [3.05, 3.63) is 94.9 Å². The number of nitrogens with one attached hydrogen (secondary N) is 1. The second kappa shape index (κ2) is 10.3. The van der Waals surface area contributed by atoms with Crippen LogP contribution in [0.15, 0.2) is 83.7 Å². The lowest BCUT2D eigenvalue weighted by Gasteiger charge is -2.27. The molecule has 9 heteroatoms. The van der Waals surface area contributed by atoms with Crippen LogP contribution >= 0.6 is 0 Å². The summed E-state index contributed by atoms with van der Waals surface area (Å²) in [5, 5.41) is 2.81. The van der Waals surface area contributed by atoms with Gasteiger partial charge in [-0.05, 0) is 36.2 Å². The maximum Gasteiger partial charge on any atom is 0.351 e. The minimum absolute atomic E-state index is 0.00734. The number of fused-ring (bicyclic) bond motifs is 4. The predicted octanol–water partition coefficient (Wildman–Crippen LogP) is 3.70. The van der Waals surface area contributed by atoms with E-state index < -0.39 is 11.8 Å². The van der Waals surface area contributed by atoms with Crippen molar-refractivity contribution in [2.75, 3.05) is 25.1 Å². The highest BCUT2D eigenvalue weighted by Crippen LogP contribution is 2.40. The Balaban J connectivity index is 1.29. The second-order valence-corrected chi connectivity index (χ2v) is 8.95. The number of para-hydroxylation sites is 3. The van der Waals surface area contributed by atoms with Crippen LogP contribution in [-0.2, 0) is 17.8 Å². The van der Waals surface area contributed by atoms with E-state index in [0.717, 1.165) is 11.1 Å². The van der Waals surface area contributed by atoms with Crippen molar-refractivity contribution < 1.29 is 23.7 Å². The van der Waals surface area contributed by atoms with Crippen LogP contribution in [0.1, 0.15) is 5.56 Å². The average molecular weight is 512 g/mol. The molecule has 1 amide bonds. The van der Waals surface area contributed by atoms with Gasteiger partial charge < -0.3 is 24.3 Å². The molecule has 192 valence electrons. The number of ether oxygens (including phenoxy) is 4. The smallest absolute Gasteiger partial charge is 0.351 e. The third-order valence-electron chi connectivity index (χ3n) is 6.36. The molecule has 9 nitrogen and oxygen atoms in total. The van der Waals surface area contributed by atoms with Gasteiger partial charge in [-0.25, -0.2) is 4.79 Å². The van der Waals surface area contributed by atoms with E-state index in [0.29, 0.717) is 35.8 Å². The van der Waals surface area contributed by atoms with Crippen molar-refractivity contribution in [2.24, 2.45) is 0 Å². The van der Waals surface area contributed by atoms with Crippen LogP contribution < -0.4 is 30.0 Å². The third kappa shape index (κ3) is 4.78. The fourth-order valence-corrected chi connectivity index (χ4v) is 4.60. The number of amides is 1. The number of benzene rings is 3. The van der Waals surface area contributed by atoms with Gasteiger partial charge in [0.25, 0.3) is 11.8 Å². The molecule has 6 rings (SSSR count). The molecule has 1 unspecified atom stereocenters. The average Bonchev–Trinajstić information content (AvgIpc) is 2.96. The van der Waals surface area contributed by atoms with Gasteiger partial charge in [0.05, 0.1) is 0 Å². The van der Waals surface area contributed by atoms with E-state index in [1.807, 2.05) is 66.7 Å². The van der Waals surface area contributed by atoms with Gasteiger partial charge in [0.1, 0.15) is 18.9 Å². The van der Waals surface area contributed by atoms with E-state index in [9.17, 15) is 9.59 Å². The summed E-state index contributed by atoms with van der Waals surface area (Å²) in [7, 11) is 0. The topological polar surface area (TPSA) is 101 Å². The molecule has 1 atom stereocenters. The lowest BCUT2D eigenvalue weighted by Crippen LogP contribution is -2.35. The van der Waals surface area contributed by atoms with Crippen LogP contribution in [0.25, 0.3) is 11.3 Å². The number of hydrogen-bond donors (Lipinski definition) is 1. The molecule has 3 heterocycles. The molecular weight excluding hydrogens is 486 g/mol. The SMILES string of the molecule is O=C(COc1c(OCC2COc3ccccc3O2)nc(=O)n2c1-c1ccccc1CC2)Nc1ccccc1. The third-order valence-corrected chi connectivity index (χ3v) is 6.36. The number of rotatable bonds is 7. The van der Waals surface area contributed by atoms with Crippen LogP contribution in [-0.4, -0.2) is 41.4 Å². The van der Waals surface area contributed by atoms with Crippen molar-refractivity contribution in [2.45, 2.75) is 19.1 Å². The fourth-order valence-electron chi connectivity index (χ4n) is 4.60. The highest BCUT2D eigenvalue weighted by atomic mass is 16.6. The summed E-state index contributed by atoms with van der Waals surface area (Å²) < 4.78 is 25.4. The van der Waals surface area contributed by atoms with Gasteiger partial charge >= 0.3 is 5.69 Å². The second-order valence-electron chi connectivity index (χ2n) is 8.95. The number of aromatic nitrogens is 2. The zero-order chi connectivity index (χ0) is 25.9. The highest BCUT2D eigenvalue weighted by molar-refractivity contribution is 5.92. The van der Waals surface area contributed by atoms with Crippen LogP contribution in [0, 0.1) is 0 Å². The van der Waals surface area contributed by atoms with Crippen LogP contribution in [0.3, 0.4) is 0 Å². The normalized spacial score (nSPS) is 15.1. The minimum atomic E-state index is -0.447. The van der Waals surface area contributed by atoms with E-state index in [-0.39, 0.29) is 37.4 Å². The monoisotopic (exact) mass is 511 g/mol. The van der Waals surface area contributed by atoms with Crippen molar-refractivity contribution >= 4 is 11.6 Å². The first-order valence-corrected chi connectivity index (χ1v) is 12.4. The molecule has 0 aliphatic carbocycles. The van der Waals surface area contributed by atoms with Gasteiger partial charge in [-0.2, -0.15) is 4.98 Å². The Morgan fingerprint density at radius 3 is 2.61 bits per heavy atom. The summed E-state index contributed by atoms with van der Waals surface area (Å²) in [4.78, 5) is 29.9. The van der Waals surface area contributed by atoms with Crippen molar-refractivity contribution in [1.82, 2.24) is 9.55 Å². The molecule has 0 bridgehead atoms. The van der Waals surface area contributed by atoms with Gasteiger partial charge in [0, 0.05) is 17.8 Å². The van der Waals surface area contributed by atoms with Crippen LogP contribution in [0.2, 0.25) is 0 Å². The Kier molecular flexibility index (Phi) is 6.39. The summed E-state index contributed by atoms with van der Waals surface area (Å²) in [5.74, 6) is 1.18. The van der Waals surface area contributed by atoms with E-state index in [2.05, 4.69) is 10.3 Å². The number of aryl methyl sites for hydroxylation is 1. The minimum Gasteiger partial charge on any atom is -0.486 e. The molecule has 4 aromatic rings. The Morgan fingerprint density at radius 2 is 1.74 bits per heavy atom. The summed E-state index contributed by atoms with van der Waals surface area (Å²) in [5.41, 5.74) is 2.66. The summed E-state index contributed by atoms with van der Waals surface area (Å²) in [6, 6.07) is 24.3. The molecule has 3 aromatic carbocycles. The molecule has 0 radical (unpaired) electrons. The zero-order valence-corrected chi connectivity index (χ0v) is 20.5. The largest absolute Gasteiger partial charge is 0.486 e. The van der Waals surface area contributed by atoms with E-state index in [1.54, 1.807) is 16.7 Å². The molecule has 1 aromatic heterocycles. The molecule has 2 aliphatic rings. The fraction of sp³-hybridized carbons (Fsp3) is 0.207. The Bertz CT molecular complexity index is 1540. The molecule has 1 N–H and O–H groups in total. The lowest BCUT2D eigenvalue weighted by atomic mass is 9.97. The molecule has 38 heavy (non-hydrogen) atoms. The zero-order valence-electron chi connectivity index (χ0n) is 20.5. The number of hydrogen-bond acceptors (Lipinski definition) is 7. The maximum atomic E-state index is 13.0. The predicted molar refractivity (Wildman–Crippen MR) is 140 cm³/mol. The Labute approximate surface area is 218 Å². The van der Waals surface area contributed by atoms with Gasteiger partial charge in [-0.3, -0.25) is 9.36 Å². The van der Waals surface area contributed by atoms with E-state index >= 15 is 0 Å². The maximum absolute atomic E-state index is 13.0. The number of nitrogens with zero attached hydrogens (tertiary/aromatic N) is 2. The van der Waals surface area contributed by atoms with E-state index in [1.165, 1.54) is 0 Å². The summed E-state index contributed by atoms with van der Waals surface area (Å²) in [6.45, 7) is 0.496. The Hall–Kier alpha value is -4.79. The molecule has 2 aliphatic heterocycles. The first kappa shape index (κ1) is 23.6. The number of carbonyl (C=O) groups excluding carboxylic acids is 1. The van der Waals surface area contributed by atoms with Crippen LogP contribution in [0.5, 0.6) is 23.1 Å². The lowest BCUT2D eigenvalue weighted by molar-refractivity contribution is -0.118. The molecule has 0 saturated heterocycles. The molecular formula is C29H25N3O6. The van der Waals surface area contributed by atoms with E-state index in [4.69, 9.17) is 18.9 Å². The first-order valence-electron chi connectivity index (χ1n) is 12.4. The molecule has 0 saturated carbocycles. The van der Waals surface area contributed by atoms with Crippen molar-refractivity contribution in [3.8, 4) is 34.4 Å². The van der Waals surface area contributed by atoms with Gasteiger partial charge in [-0.1, -0.05) is 54.6 Å². The number of carbonyl (C=O) groups is 1. The standard InChI is InChI=1S/C29H25N3O6/c33-25(30-20-9-2-1-3-10-20)18-36-27-26-22-11-5-4-8-19(22)14-15-32(26)29(34)31-28(27)37-17-21-16-35-23-12-6-7-13-24(23)38-21/h1-13,21H,14-18H2,(H,30,33). The summed E-state index contributed by atoms with van der Waals surface area (Å²) in [6.07, 6.45) is 0.262. The number of anilines is 1. The highest BCUT2D eigenvalue weighted by Gasteiger charge is 2.28. The van der Waals surface area contributed by atoms with Gasteiger partial charge in [0.15, 0.2) is 24.2 Å². The van der Waals surface area contributed by atoms with Crippen molar-refractivity contribution in [3.63, 3.8) is 0 Å². The quantitative estimate of drug-likeness (QED) is 0.404. The first-order chi connectivity index (χ1) is 18.7. The van der Waals surface area contributed by atoms with Gasteiger partial charge in [-0.15, -0.1) is 0 Å². The van der Waals surface area contributed by atoms with Crippen LogP contribution in [0.4, 0.5) is 5.69 Å². The molecule has 0 spiro atoms. The van der Waals surface area contributed by atoms with Gasteiger partial charge in [0.2, 0.25) is 5.75 Å².